The fraction of sp³-hybridized carbons (Fsp3) is 0.429. The van der Waals surface area contributed by atoms with Gasteiger partial charge in [0.1, 0.15) is 17.1 Å². The maximum atomic E-state index is 12.9. The number of amides is 1. The van der Waals surface area contributed by atoms with Gasteiger partial charge in [0.05, 0.1) is 5.02 Å². The second kappa shape index (κ2) is 6.76. The van der Waals surface area contributed by atoms with Crippen LogP contribution in [0.5, 0.6) is 5.75 Å². The summed E-state index contributed by atoms with van der Waals surface area (Å²) in [7, 11) is 0. The van der Waals surface area contributed by atoms with Crippen LogP contribution in [0.3, 0.4) is 0 Å². The van der Waals surface area contributed by atoms with Crippen molar-refractivity contribution in [1.82, 2.24) is 5.32 Å². The summed E-state index contributed by atoms with van der Waals surface area (Å²) in [4.78, 5) is 23.1. The van der Waals surface area contributed by atoms with Crippen molar-refractivity contribution in [3.63, 3.8) is 0 Å². The van der Waals surface area contributed by atoms with E-state index in [9.17, 15) is 14.0 Å². The highest BCUT2D eigenvalue weighted by Gasteiger charge is 2.34. The Hall–Kier alpha value is -1.82. The number of carboxylic acid groups (broad SMARTS) is 1. The molecule has 1 rings (SSSR count). The molecule has 0 aliphatic carbocycles. The van der Waals surface area contributed by atoms with Gasteiger partial charge in [-0.05, 0) is 38.5 Å². The first kappa shape index (κ1) is 17.2. The van der Waals surface area contributed by atoms with Gasteiger partial charge >= 0.3 is 5.97 Å². The fourth-order valence-corrected chi connectivity index (χ4v) is 1.69. The standard InChI is InChI=1S/C14H17ClFNO4/c1-4-14(3,13(19)20)17-12(18)8(2)21-11-6-5-9(16)7-10(11)15/h5-8H,4H2,1-3H3,(H,17,18)(H,19,20). The number of halogens is 2. The van der Waals surface area contributed by atoms with Crippen LogP contribution in [0.2, 0.25) is 5.02 Å². The minimum atomic E-state index is -1.37. The molecule has 0 saturated carbocycles. The van der Waals surface area contributed by atoms with Crippen LogP contribution in [-0.2, 0) is 9.59 Å². The van der Waals surface area contributed by atoms with Crippen molar-refractivity contribution >= 4 is 23.5 Å². The number of benzene rings is 1. The first-order valence-electron chi connectivity index (χ1n) is 6.36. The molecule has 7 heteroatoms. The molecular formula is C14H17ClFNO4. The normalized spacial score (nSPS) is 14.9. The lowest BCUT2D eigenvalue weighted by Crippen LogP contribution is -2.54. The average Bonchev–Trinajstić information content (AvgIpc) is 2.41. The van der Waals surface area contributed by atoms with E-state index >= 15 is 0 Å². The van der Waals surface area contributed by atoms with E-state index < -0.39 is 29.3 Å². The third-order valence-corrected chi connectivity index (χ3v) is 3.44. The number of nitrogens with one attached hydrogen (secondary N) is 1. The van der Waals surface area contributed by atoms with Gasteiger partial charge in [0.25, 0.3) is 5.91 Å². The van der Waals surface area contributed by atoms with Crippen molar-refractivity contribution in [3.8, 4) is 5.75 Å². The van der Waals surface area contributed by atoms with Crippen LogP contribution in [0.25, 0.3) is 0 Å². The van der Waals surface area contributed by atoms with E-state index in [0.29, 0.717) is 0 Å². The summed E-state index contributed by atoms with van der Waals surface area (Å²) in [5.41, 5.74) is -1.37. The van der Waals surface area contributed by atoms with E-state index in [-0.39, 0.29) is 17.2 Å². The monoisotopic (exact) mass is 317 g/mol. The van der Waals surface area contributed by atoms with Crippen molar-refractivity contribution < 1.29 is 23.8 Å². The topological polar surface area (TPSA) is 75.6 Å². The van der Waals surface area contributed by atoms with E-state index in [0.717, 1.165) is 12.1 Å². The molecule has 0 spiro atoms. The summed E-state index contributed by atoms with van der Waals surface area (Å²) in [6.07, 6.45) is -0.754. The smallest absolute Gasteiger partial charge is 0.329 e. The van der Waals surface area contributed by atoms with Crippen LogP contribution in [0.4, 0.5) is 4.39 Å². The second-order valence-electron chi connectivity index (χ2n) is 4.81. The van der Waals surface area contributed by atoms with Gasteiger partial charge in [0.2, 0.25) is 0 Å². The minimum Gasteiger partial charge on any atom is -0.480 e. The van der Waals surface area contributed by atoms with Crippen molar-refractivity contribution in [2.24, 2.45) is 0 Å². The maximum Gasteiger partial charge on any atom is 0.329 e. The molecule has 2 N–H and O–H groups in total. The molecule has 21 heavy (non-hydrogen) atoms. The number of hydrogen-bond donors (Lipinski definition) is 2. The Morgan fingerprint density at radius 3 is 2.62 bits per heavy atom. The second-order valence-corrected chi connectivity index (χ2v) is 5.22. The van der Waals surface area contributed by atoms with Gasteiger partial charge < -0.3 is 15.2 Å². The summed E-state index contributed by atoms with van der Waals surface area (Å²) in [5.74, 6) is -2.10. The third-order valence-electron chi connectivity index (χ3n) is 3.15. The van der Waals surface area contributed by atoms with Gasteiger partial charge in [0.15, 0.2) is 6.10 Å². The largest absolute Gasteiger partial charge is 0.480 e. The van der Waals surface area contributed by atoms with Crippen molar-refractivity contribution in [1.29, 1.82) is 0 Å². The summed E-state index contributed by atoms with van der Waals surface area (Å²) in [5, 5.41) is 11.6. The van der Waals surface area contributed by atoms with Gasteiger partial charge in [-0.1, -0.05) is 18.5 Å². The zero-order valence-electron chi connectivity index (χ0n) is 11.9. The number of ether oxygens (including phenoxy) is 1. The minimum absolute atomic E-state index is 0.0335. The van der Waals surface area contributed by atoms with Crippen LogP contribution < -0.4 is 10.1 Å². The lowest BCUT2D eigenvalue weighted by atomic mass is 9.99. The molecule has 1 aromatic rings. The quantitative estimate of drug-likeness (QED) is 0.845. The molecule has 2 atom stereocenters. The van der Waals surface area contributed by atoms with E-state index in [1.54, 1.807) is 6.92 Å². The van der Waals surface area contributed by atoms with Crippen molar-refractivity contribution in [2.45, 2.75) is 38.8 Å². The van der Waals surface area contributed by atoms with Gasteiger partial charge in [-0.15, -0.1) is 0 Å². The predicted octanol–water partition coefficient (Wildman–Crippen LogP) is 2.62. The molecule has 5 nitrogen and oxygen atoms in total. The Labute approximate surface area is 127 Å². The van der Waals surface area contributed by atoms with Crippen LogP contribution in [0.15, 0.2) is 18.2 Å². The summed E-state index contributed by atoms with van der Waals surface area (Å²) in [6.45, 7) is 4.51. The van der Waals surface area contributed by atoms with E-state index in [1.807, 2.05) is 0 Å². The first-order valence-corrected chi connectivity index (χ1v) is 6.74. The third kappa shape index (κ3) is 4.32. The molecule has 0 aliphatic rings. The highest BCUT2D eigenvalue weighted by atomic mass is 35.5. The molecule has 116 valence electrons. The summed E-state index contributed by atoms with van der Waals surface area (Å²) in [6, 6.07) is 3.52. The molecular weight excluding hydrogens is 301 g/mol. The molecule has 0 bridgehead atoms. The number of aliphatic carboxylic acids is 1. The molecule has 0 heterocycles. The molecule has 0 saturated heterocycles. The molecule has 0 aliphatic heterocycles. The number of carboxylic acids is 1. The van der Waals surface area contributed by atoms with E-state index in [4.69, 9.17) is 21.4 Å². The zero-order valence-corrected chi connectivity index (χ0v) is 12.7. The Kier molecular flexibility index (Phi) is 5.54. The number of hydrogen-bond acceptors (Lipinski definition) is 3. The lowest BCUT2D eigenvalue weighted by molar-refractivity contribution is -0.148. The van der Waals surface area contributed by atoms with Gasteiger partial charge in [0, 0.05) is 0 Å². The highest BCUT2D eigenvalue weighted by Crippen LogP contribution is 2.26. The van der Waals surface area contributed by atoms with Gasteiger partial charge in [-0.3, -0.25) is 4.79 Å². The van der Waals surface area contributed by atoms with E-state index in [2.05, 4.69) is 5.32 Å². The highest BCUT2D eigenvalue weighted by molar-refractivity contribution is 6.32. The molecule has 1 amide bonds. The molecule has 0 aromatic heterocycles. The SMILES string of the molecule is CCC(C)(NC(=O)C(C)Oc1ccc(F)cc1Cl)C(=O)O. The predicted molar refractivity (Wildman–Crippen MR) is 76.0 cm³/mol. The van der Waals surface area contributed by atoms with Crippen molar-refractivity contribution in [2.75, 3.05) is 0 Å². The molecule has 1 aromatic carbocycles. The van der Waals surface area contributed by atoms with Crippen molar-refractivity contribution in [3.05, 3.63) is 29.0 Å². The number of rotatable bonds is 6. The molecule has 0 fully saturated rings. The lowest BCUT2D eigenvalue weighted by Gasteiger charge is -2.26. The van der Waals surface area contributed by atoms with Crippen LogP contribution in [0.1, 0.15) is 27.2 Å². The zero-order chi connectivity index (χ0) is 16.2. The number of carbonyl (C=O) groups excluding carboxylic acids is 1. The maximum absolute atomic E-state index is 12.9. The Morgan fingerprint density at radius 2 is 2.14 bits per heavy atom. The molecule has 0 radical (unpaired) electrons. The van der Waals surface area contributed by atoms with Crippen LogP contribution >= 0.6 is 11.6 Å². The first-order chi connectivity index (χ1) is 9.69. The Bertz CT molecular complexity index is 552. The Morgan fingerprint density at radius 1 is 1.52 bits per heavy atom. The van der Waals surface area contributed by atoms with Gasteiger partial charge in [-0.25, -0.2) is 9.18 Å². The fourth-order valence-electron chi connectivity index (χ4n) is 1.48. The number of carbonyl (C=O) groups is 2. The average molecular weight is 318 g/mol. The van der Waals surface area contributed by atoms with Crippen LogP contribution in [0, 0.1) is 5.82 Å². The summed E-state index contributed by atoms with van der Waals surface area (Å²) >= 11 is 5.80. The van der Waals surface area contributed by atoms with E-state index in [1.165, 1.54) is 19.9 Å². The molecule has 2 unspecified atom stereocenters. The Balaban J connectivity index is 2.77. The van der Waals surface area contributed by atoms with Crippen LogP contribution in [-0.4, -0.2) is 28.6 Å². The van der Waals surface area contributed by atoms with Gasteiger partial charge in [-0.2, -0.15) is 0 Å². The summed E-state index contributed by atoms with van der Waals surface area (Å²) < 4.78 is 18.2.